The number of amides is 2. The Labute approximate surface area is 175 Å². The van der Waals surface area contributed by atoms with E-state index in [2.05, 4.69) is 10.6 Å². The Balaban J connectivity index is 1.78. The Hall–Kier alpha value is -3.80. The lowest BCUT2D eigenvalue weighted by atomic mass is 10.0. The molecular weight excluding hydrogens is 380 g/mol. The molecule has 0 aliphatic rings. The molecular formula is C24H24N2O4. The number of hydrogen-bond donors (Lipinski definition) is 2. The van der Waals surface area contributed by atoms with Crippen molar-refractivity contribution >= 4 is 17.5 Å². The smallest absolute Gasteiger partial charge is 0.251 e. The summed E-state index contributed by atoms with van der Waals surface area (Å²) in [6.07, 6.45) is 0.0585. The molecule has 2 amide bonds. The van der Waals surface area contributed by atoms with Crippen LogP contribution in [0.1, 0.15) is 28.4 Å². The molecule has 0 aliphatic heterocycles. The van der Waals surface area contributed by atoms with Gasteiger partial charge >= 0.3 is 0 Å². The summed E-state index contributed by atoms with van der Waals surface area (Å²) >= 11 is 0. The molecule has 0 unspecified atom stereocenters. The number of benzene rings is 3. The van der Waals surface area contributed by atoms with Crippen LogP contribution in [0.3, 0.4) is 0 Å². The van der Waals surface area contributed by atoms with Gasteiger partial charge in [-0.25, -0.2) is 0 Å². The summed E-state index contributed by atoms with van der Waals surface area (Å²) in [5, 5.41) is 5.82. The molecule has 2 N–H and O–H groups in total. The fourth-order valence-corrected chi connectivity index (χ4v) is 3.07. The molecule has 6 nitrogen and oxygen atoms in total. The first kappa shape index (κ1) is 20.9. The van der Waals surface area contributed by atoms with E-state index in [1.165, 1.54) is 7.11 Å². The third-order valence-corrected chi connectivity index (χ3v) is 4.61. The molecule has 0 fully saturated rings. The molecule has 0 saturated heterocycles. The Kier molecular flexibility index (Phi) is 7.05. The minimum atomic E-state index is -0.490. The number of hydrogen-bond acceptors (Lipinski definition) is 4. The highest BCUT2D eigenvalue weighted by atomic mass is 16.5. The number of nitrogens with one attached hydrogen (secondary N) is 2. The number of methoxy groups -OCH3 is 2. The van der Waals surface area contributed by atoms with E-state index in [4.69, 9.17) is 9.47 Å². The molecule has 1 atom stereocenters. The Bertz CT molecular complexity index is 991. The second-order valence-corrected chi connectivity index (χ2v) is 6.62. The Morgan fingerprint density at radius 2 is 1.53 bits per heavy atom. The summed E-state index contributed by atoms with van der Waals surface area (Å²) in [6.45, 7) is 0. The summed E-state index contributed by atoms with van der Waals surface area (Å²) in [4.78, 5) is 25.5. The third-order valence-electron chi connectivity index (χ3n) is 4.61. The van der Waals surface area contributed by atoms with Crippen LogP contribution in [0.25, 0.3) is 0 Å². The summed E-state index contributed by atoms with van der Waals surface area (Å²) in [7, 11) is 3.09. The van der Waals surface area contributed by atoms with Gasteiger partial charge in [0.1, 0.15) is 11.5 Å². The predicted molar refractivity (Wildman–Crippen MR) is 116 cm³/mol. The molecule has 30 heavy (non-hydrogen) atoms. The monoisotopic (exact) mass is 404 g/mol. The zero-order chi connectivity index (χ0) is 21.3. The van der Waals surface area contributed by atoms with Crippen LogP contribution in [-0.2, 0) is 4.79 Å². The second kappa shape index (κ2) is 10.1. The number of anilines is 1. The van der Waals surface area contributed by atoms with Crippen molar-refractivity contribution in [3.63, 3.8) is 0 Å². The number of ether oxygens (including phenoxy) is 2. The zero-order valence-corrected chi connectivity index (χ0v) is 16.9. The van der Waals surface area contributed by atoms with Crippen molar-refractivity contribution in [1.29, 1.82) is 0 Å². The Morgan fingerprint density at radius 1 is 0.867 bits per heavy atom. The van der Waals surface area contributed by atoms with Crippen LogP contribution >= 0.6 is 0 Å². The van der Waals surface area contributed by atoms with E-state index in [-0.39, 0.29) is 18.2 Å². The molecule has 0 bridgehead atoms. The first-order valence-electron chi connectivity index (χ1n) is 9.53. The van der Waals surface area contributed by atoms with E-state index >= 15 is 0 Å². The van der Waals surface area contributed by atoms with Crippen LogP contribution in [-0.4, -0.2) is 26.0 Å². The molecule has 154 valence electrons. The summed E-state index contributed by atoms with van der Waals surface area (Å²) in [5.74, 6) is 0.622. The maximum Gasteiger partial charge on any atom is 0.251 e. The molecule has 3 aromatic rings. The standard InChI is InChI=1S/C24H24N2O4/c1-29-19-13-14-22(30-2)21(15-19)25-23(27)16-20(17-9-5-3-6-10-17)26-24(28)18-11-7-4-8-12-18/h3-15,20H,16H2,1-2H3,(H,25,27)(H,26,28)/t20-/m1/s1. The van der Waals surface area contributed by atoms with E-state index in [0.29, 0.717) is 22.7 Å². The maximum atomic E-state index is 12.8. The minimum absolute atomic E-state index is 0.0585. The maximum absolute atomic E-state index is 12.8. The van der Waals surface area contributed by atoms with Gasteiger partial charge < -0.3 is 20.1 Å². The van der Waals surface area contributed by atoms with Crippen molar-refractivity contribution in [2.24, 2.45) is 0 Å². The number of carbonyl (C=O) groups excluding carboxylic acids is 2. The lowest BCUT2D eigenvalue weighted by Crippen LogP contribution is -2.31. The van der Waals surface area contributed by atoms with Gasteiger partial charge in [-0.2, -0.15) is 0 Å². The van der Waals surface area contributed by atoms with Gasteiger partial charge in [0.05, 0.1) is 32.4 Å². The fraction of sp³-hybridized carbons (Fsp3) is 0.167. The van der Waals surface area contributed by atoms with Crippen molar-refractivity contribution in [3.8, 4) is 11.5 Å². The van der Waals surface area contributed by atoms with Crippen LogP contribution in [0.4, 0.5) is 5.69 Å². The largest absolute Gasteiger partial charge is 0.497 e. The normalized spacial score (nSPS) is 11.3. The van der Waals surface area contributed by atoms with Crippen LogP contribution in [0.2, 0.25) is 0 Å². The van der Waals surface area contributed by atoms with Crippen molar-refractivity contribution in [1.82, 2.24) is 5.32 Å². The SMILES string of the molecule is COc1ccc(OC)c(NC(=O)C[C@@H](NC(=O)c2ccccc2)c2ccccc2)c1. The highest BCUT2D eigenvalue weighted by Gasteiger charge is 2.20. The zero-order valence-electron chi connectivity index (χ0n) is 16.9. The van der Waals surface area contributed by atoms with Crippen LogP contribution in [0, 0.1) is 0 Å². The van der Waals surface area contributed by atoms with Gasteiger partial charge in [-0.15, -0.1) is 0 Å². The highest BCUT2D eigenvalue weighted by Crippen LogP contribution is 2.29. The van der Waals surface area contributed by atoms with Crippen molar-refractivity contribution < 1.29 is 19.1 Å². The second-order valence-electron chi connectivity index (χ2n) is 6.62. The van der Waals surface area contributed by atoms with Gasteiger partial charge in [0.25, 0.3) is 5.91 Å². The van der Waals surface area contributed by atoms with Gasteiger partial charge in [-0.1, -0.05) is 48.5 Å². The van der Waals surface area contributed by atoms with E-state index in [0.717, 1.165) is 5.56 Å². The van der Waals surface area contributed by atoms with Gasteiger partial charge in [0.15, 0.2) is 0 Å². The van der Waals surface area contributed by atoms with Gasteiger partial charge in [-0.3, -0.25) is 9.59 Å². The fourth-order valence-electron chi connectivity index (χ4n) is 3.07. The van der Waals surface area contributed by atoms with E-state index in [9.17, 15) is 9.59 Å². The minimum Gasteiger partial charge on any atom is -0.497 e. The van der Waals surface area contributed by atoms with Gasteiger partial charge in [-0.05, 0) is 29.8 Å². The molecule has 0 radical (unpaired) electrons. The molecule has 6 heteroatoms. The van der Waals surface area contributed by atoms with E-state index < -0.39 is 6.04 Å². The number of rotatable bonds is 8. The summed E-state index contributed by atoms with van der Waals surface area (Å²) in [5.41, 5.74) is 1.88. The average molecular weight is 404 g/mol. The highest BCUT2D eigenvalue weighted by molar-refractivity contribution is 5.96. The molecule has 0 spiro atoms. The van der Waals surface area contributed by atoms with Gasteiger partial charge in [0, 0.05) is 11.6 Å². The van der Waals surface area contributed by atoms with Crippen LogP contribution in [0.15, 0.2) is 78.9 Å². The van der Waals surface area contributed by atoms with Gasteiger partial charge in [0.2, 0.25) is 5.91 Å². The molecule has 0 aromatic heterocycles. The van der Waals surface area contributed by atoms with Crippen LogP contribution < -0.4 is 20.1 Å². The van der Waals surface area contributed by atoms with E-state index in [1.807, 2.05) is 36.4 Å². The first-order valence-corrected chi connectivity index (χ1v) is 9.53. The van der Waals surface area contributed by atoms with Crippen molar-refractivity contribution in [2.75, 3.05) is 19.5 Å². The molecule has 3 rings (SSSR count). The molecule has 0 heterocycles. The van der Waals surface area contributed by atoms with E-state index in [1.54, 1.807) is 49.6 Å². The summed E-state index contributed by atoms with van der Waals surface area (Å²) in [6, 6.07) is 23.0. The average Bonchev–Trinajstić information content (AvgIpc) is 2.79. The lowest BCUT2D eigenvalue weighted by Gasteiger charge is -2.20. The van der Waals surface area contributed by atoms with Crippen molar-refractivity contribution in [2.45, 2.75) is 12.5 Å². The molecule has 0 aliphatic carbocycles. The quantitative estimate of drug-likeness (QED) is 0.590. The topological polar surface area (TPSA) is 76.7 Å². The lowest BCUT2D eigenvalue weighted by molar-refractivity contribution is -0.116. The summed E-state index contributed by atoms with van der Waals surface area (Å²) < 4.78 is 10.5. The third kappa shape index (κ3) is 5.38. The number of carbonyl (C=O) groups is 2. The molecule has 3 aromatic carbocycles. The molecule has 0 saturated carbocycles. The predicted octanol–water partition coefficient (Wildman–Crippen LogP) is 4.20. The first-order chi connectivity index (χ1) is 14.6. The van der Waals surface area contributed by atoms with Crippen LogP contribution in [0.5, 0.6) is 11.5 Å². The van der Waals surface area contributed by atoms with Crippen molar-refractivity contribution in [3.05, 3.63) is 90.0 Å². The Morgan fingerprint density at radius 3 is 2.17 bits per heavy atom.